The zero-order chi connectivity index (χ0) is 17.9. The predicted molar refractivity (Wildman–Crippen MR) is 96.3 cm³/mol. The van der Waals surface area contributed by atoms with E-state index in [2.05, 4.69) is 10.3 Å². The van der Waals surface area contributed by atoms with Crippen LogP contribution < -0.4 is 10.1 Å². The lowest BCUT2D eigenvalue weighted by atomic mass is 10.1. The summed E-state index contributed by atoms with van der Waals surface area (Å²) >= 11 is 0. The fraction of sp³-hybridized carbons (Fsp3) is 0.350. The number of carbonyl (C=O) groups excluding carboxylic acids is 2. The maximum absolute atomic E-state index is 11.9. The van der Waals surface area contributed by atoms with E-state index in [1.807, 2.05) is 42.5 Å². The summed E-state index contributed by atoms with van der Waals surface area (Å²) in [6.07, 6.45) is 2.44. The summed E-state index contributed by atoms with van der Waals surface area (Å²) in [7, 11) is 1.58. The van der Waals surface area contributed by atoms with Crippen molar-refractivity contribution in [1.82, 2.24) is 10.3 Å². The molecule has 0 aliphatic rings. The lowest BCUT2D eigenvalue weighted by Gasteiger charge is -2.05. The molecule has 0 fully saturated rings. The topological polar surface area (TPSA) is 68.3 Å². The molecule has 1 aromatic carbocycles. The highest BCUT2D eigenvalue weighted by Gasteiger charge is 2.07. The summed E-state index contributed by atoms with van der Waals surface area (Å²) in [4.78, 5) is 28.0. The summed E-state index contributed by atoms with van der Waals surface area (Å²) in [6.45, 7) is 0.495. The highest BCUT2D eigenvalue weighted by atomic mass is 16.5. The van der Waals surface area contributed by atoms with Crippen LogP contribution in [0.2, 0.25) is 0 Å². The first-order valence-corrected chi connectivity index (χ1v) is 8.49. The maximum Gasteiger partial charge on any atom is 0.220 e. The predicted octanol–water partition coefficient (Wildman–Crippen LogP) is 3.08. The molecule has 0 bridgehead atoms. The number of Topliss-reactive ketones (excluding diaryl/α,β-unsaturated/α-hetero) is 1. The van der Waals surface area contributed by atoms with E-state index in [-0.39, 0.29) is 24.5 Å². The lowest BCUT2D eigenvalue weighted by Crippen LogP contribution is -2.23. The normalized spacial score (nSPS) is 10.3. The molecule has 0 unspecified atom stereocenters. The van der Waals surface area contributed by atoms with Crippen LogP contribution in [0.25, 0.3) is 0 Å². The van der Waals surface area contributed by atoms with E-state index >= 15 is 0 Å². The Kier molecular flexibility index (Phi) is 7.63. The molecular formula is C20H24N2O3. The summed E-state index contributed by atoms with van der Waals surface area (Å²) in [5.41, 5.74) is 1.96. The van der Waals surface area contributed by atoms with Gasteiger partial charge in [-0.05, 0) is 24.5 Å². The summed E-state index contributed by atoms with van der Waals surface area (Å²) in [6, 6.07) is 15.3. The van der Waals surface area contributed by atoms with Gasteiger partial charge in [0.15, 0.2) is 0 Å². The minimum atomic E-state index is -0.0911. The quantitative estimate of drug-likeness (QED) is 0.722. The Balaban J connectivity index is 1.60. The molecule has 2 aromatic rings. The number of aryl methyl sites for hydroxylation is 1. The molecule has 132 valence electrons. The number of aromatic nitrogens is 1. The van der Waals surface area contributed by atoms with E-state index < -0.39 is 0 Å². The number of ether oxygens (including phenoxy) is 1. The van der Waals surface area contributed by atoms with Crippen molar-refractivity contribution in [3.8, 4) is 5.88 Å². The Hall–Kier alpha value is -2.69. The number of amides is 1. The number of carbonyl (C=O) groups is 2. The van der Waals surface area contributed by atoms with Crippen molar-refractivity contribution in [3.63, 3.8) is 0 Å². The summed E-state index contributed by atoms with van der Waals surface area (Å²) in [5, 5.41) is 2.83. The molecule has 5 heteroatoms. The smallest absolute Gasteiger partial charge is 0.220 e. The van der Waals surface area contributed by atoms with Crippen LogP contribution >= 0.6 is 0 Å². The van der Waals surface area contributed by atoms with Gasteiger partial charge in [-0.2, -0.15) is 0 Å². The second-order valence-corrected chi connectivity index (χ2v) is 5.83. The number of nitrogens with zero attached hydrogens (tertiary/aromatic N) is 1. The van der Waals surface area contributed by atoms with Gasteiger partial charge in [0.1, 0.15) is 5.78 Å². The monoisotopic (exact) mass is 340 g/mol. The van der Waals surface area contributed by atoms with Crippen molar-refractivity contribution in [2.75, 3.05) is 7.11 Å². The Morgan fingerprint density at radius 3 is 2.56 bits per heavy atom. The SMILES string of the molecule is COc1cccc(CCCC(=O)CCC(=O)NCc2ccccc2)n1. The average molecular weight is 340 g/mol. The van der Waals surface area contributed by atoms with E-state index in [0.717, 1.165) is 24.1 Å². The molecule has 5 nitrogen and oxygen atoms in total. The molecule has 0 saturated carbocycles. The second kappa shape index (κ2) is 10.2. The largest absolute Gasteiger partial charge is 0.481 e. The minimum Gasteiger partial charge on any atom is -0.481 e. The summed E-state index contributed by atoms with van der Waals surface area (Å²) < 4.78 is 5.08. The standard InChI is InChI=1S/C20H24N2O3/c1-25-20-12-6-10-17(22-20)9-5-11-18(23)13-14-19(24)21-15-16-7-3-2-4-8-16/h2-4,6-8,10,12H,5,9,11,13-15H2,1H3,(H,21,24). The van der Waals surface area contributed by atoms with Crippen LogP contribution in [0.5, 0.6) is 5.88 Å². The second-order valence-electron chi connectivity index (χ2n) is 5.83. The van der Waals surface area contributed by atoms with Gasteiger partial charge in [-0.3, -0.25) is 9.59 Å². The van der Waals surface area contributed by atoms with Gasteiger partial charge in [-0.1, -0.05) is 36.4 Å². The average Bonchev–Trinajstić information content (AvgIpc) is 2.65. The number of hydrogen-bond donors (Lipinski definition) is 1. The Bertz CT molecular complexity index is 686. The Labute approximate surface area is 148 Å². The third-order valence-electron chi connectivity index (χ3n) is 3.84. The molecule has 25 heavy (non-hydrogen) atoms. The van der Waals surface area contributed by atoms with Crippen LogP contribution in [-0.2, 0) is 22.6 Å². The lowest BCUT2D eigenvalue weighted by molar-refractivity contribution is -0.125. The molecule has 0 saturated heterocycles. The van der Waals surface area contributed by atoms with Gasteiger partial charge in [0.05, 0.1) is 7.11 Å². The third-order valence-corrected chi connectivity index (χ3v) is 3.84. The van der Waals surface area contributed by atoms with Crippen LogP contribution in [0.4, 0.5) is 0 Å². The first-order valence-electron chi connectivity index (χ1n) is 8.49. The van der Waals surface area contributed by atoms with Crippen molar-refractivity contribution in [2.45, 2.75) is 38.6 Å². The van der Waals surface area contributed by atoms with Crippen molar-refractivity contribution < 1.29 is 14.3 Å². The van der Waals surface area contributed by atoms with Gasteiger partial charge in [-0.25, -0.2) is 4.98 Å². The van der Waals surface area contributed by atoms with Crippen LogP contribution in [-0.4, -0.2) is 23.8 Å². The van der Waals surface area contributed by atoms with E-state index in [1.54, 1.807) is 13.2 Å². The van der Waals surface area contributed by atoms with Crippen LogP contribution in [0.3, 0.4) is 0 Å². The van der Waals surface area contributed by atoms with Crippen molar-refractivity contribution in [2.24, 2.45) is 0 Å². The number of rotatable bonds is 10. The molecule has 0 aliphatic carbocycles. The summed E-state index contributed by atoms with van der Waals surface area (Å²) in [5.74, 6) is 0.600. The van der Waals surface area contributed by atoms with E-state index in [9.17, 15) is 9.59 Å². The molecule has 0 spiro atoms. The van der Waals surface area contributed by atoms with Crippen molar-refractivity contribution in [3.05, 3.63) is 59.8 Å². The molecule has 1 N–H and O–H groups in total. The zero-order valence-corrected chi connectivity index (χ0v) is 14.5. The van der Waals surface area contributed by atoms with E-state index in [4.69, 9.17) is 4.74 Å². The maximum atomic E-state index is 11.9. The Morgan fingerprint density at radius 1 is 1.00 bits per heavy atom. The van der Waals surface area contributed by atoms with Crippen molar-refractivity contribution in [1.29, 1.82) is 0 Å². The first-order chi connectivity index (χ1) is 12.2. The number of hydrogen-bond acceptors (Lipinski definition) is 4. The van der Waals surface area contributed by atoms with Gasteiger partial charge in [0.2, 0.25) is 11.8 Å². The first kappa shape index (κ1) is 18.6. The molecule has 0 radical (unpaired) electrons. The van der Waals surface area contributed by atoms with E-state index in [0.29, 0.717) is 18.8 Å². The highest BCUT2D eigenvalue weighted by Crippen LogP contribution is 2.10. The van der Waals surface area contributed by atoms with Gasteiger partial charge >= 0.3 is 0 Å². The minimum absolute atomic E-state index is 0.0911. The fourth-order valence-corrected chi connectivity index (χ4v) is 2.44. The van der Waals surface area contributed by atoms with Gasteiger partial charge in [0, 0.05) is 37.6 Å². The third kappa shape index (κ3) is 7.16. The van der Waals surface area contributed by atoms with Gasteiger partial charge < -0.3 is 10.1 Å². The van der Waals surface area contributed by atoms with Crippen molar-refractivity contribution >= 4 is 11.7 Å². The zero-order valence-electron chi connectivity index (χ0n) is 14.5. The van der Waals surface area contributed by atoms with Gasteiger partial charge in [-0.15, -0.1) is 0 Å². The highest BCUT2D eigenvalue weighted by molar-refractivity contribution is 5.84. The molecule has 1 amide bonds. The van der Waals surface area contributed by atoms with Crippen LogP contribution in [0.15, 0.2) is 48.5 Å². The molecule has 0 atom stereocenters. The van der Waals surface area contributed by atoms with Gasteiger partial charge in [0.25, 0.3) is 0 Å². The molecule has 0 aliphatic heterocycles. The number of pyridine rings is 1. The van der Waals surface area contributed by atoms with E-state index in [1.165, 1.54) is 0 Å². The Morgan fingerprint density at radius 2 is 1.80 bits per heavy atom. The fourth-order valence-electron chi connectivity index (χ4n) is 2.44. The molecule has 2 rings (SSSR count). The molecule has 1 heterocycles. The number of benzene rings is 1. The molecule has 1 aromatic heterocycles. The molecular weight excluding hydrogens is 316 g/mol. The number of ketones is 1. The number of nitrogens with one attached hydrogen (secondary N) is 1. The van der Waals surface area contributed by atoms with Crippen LogP contribution in [0.1, 0.15) is 36.9 Å². The number of methoxy groups -OCH3 is 1. The van der Waals surface area contributed by atoms with Crippen LogP contribution in [0, 0.1) is 0 Å².